The number of benzene rings is 1. The van der Waals surface area contributed by atoms with E-state index in [0.29, 0.717) is 0 Å². The number of nitrogens with zero attached hydrogens (tertiary/aromatic N) is 1. The van der Waals surface area contributed by atoms with Gasteiger partial charge in [-0.05, 0) is 31.2 Å². The van der Waals surface area contributed by atoms with Gasteiger partial charge in [0.05, 0.1) is 10.5 Å². The molecule has 6 nitrogen and oxygen atoms in total. The van der Waals surface area contributed by atoms with Crippen molar-refractivity contribution in [2.24, 2.45) is 0 Å². The summed E-state index contributed by atoms with van der Waals surface area (Å²) >= 11 is 0. The first-order valence-corrected chi connectivity index (χ1v) is 7.74. The molecule has 0 heterocycles. The third-order valence-electron chi connectivity index (χ3n) is 2.59. The summed E-state index contributed by atoms with van der Waals surface area (Å²) in [5.74, 6) is -1.00. The smallest absolute Gasteiger partial charge is 0.338 e. The summed E-state index contributed by atoms with van der Waals surface area (Å²) in [7, 11) is -0.180. The fourth-order valence-corrected chi connectivity index (χ4v) is 2.11. The van der Waals surface area contributed by atoms with Gasteiger partial charge in [0.25, 0.3) is 5.91 Å². The lowest BCUT2D eigenvalue weighted by Gasteiger charge is -2.17. The zero-order chi connectivity index (χ0) is 15.5. The molecule has 7 heteroatoms. The minimum atomic E-state index is -3.31. The summed E-state index contributed by atoms with van der Waals surface area (Å²) in [6.45, 7) is 1.48. The van der Waals surface area contributed by atoms with E-state index in [2.05, 4.69) is 0 Å². The lowest BCUT2D eigenvalue weighted by molar-refractivity contribution is -0.137. The first kappa shape index (κ1) is 16.2. The van der Waals surface area contributed by atoms with Gasteiger partial charge in [0.2, 0.25) is 0 Å². The molecule has 0 saturated heterocycles. The van der Waals surface area contributed by atoms with Gasteiger partial charge in [-0.15, -0.1) is 0 Å². The van der Waals surface area contributed by atoms with Gasteiger partial charge >= 0.3 is 5.97 Å². The number of carbonyl (C=O) groups is 2. The van der Waals surface area contributed by atoms with Crippen molar-refractivity contribution >= 4 is 21.7 Å². The molecular weight excluding hydrogens is 282 g/mol. The normalized spacial score (nSPS) is 12.6. The van der Waals surface area contributed by atoms with Gasteiger partial charge in [0.15, 0.2) is 15.9 Å². The molecule has 0 aliphatic heterocycles. The van der Waals surface area contributed by atoms with Crippen molar-refractivity contribution in [2.45, 2.75) is 17.9 Å². The summed E-state index contributed by atoms with van der Waals surface area (Å²) in [6, 6.07) is 5.35. The van der Waals surface area contributed by atoms with Gasteiger partial charge in [0.1, 0.15) is 0 Å². The SMILES string of the molecule is C[C@H](OC(=O)c1ccc(S(C)(=O)=O)cc1)C(=O)N(C)C. The number of sulfone groups is 1. The number of carbonyl (C=O) groups excluding carboxylic acids is 2. The molecule has 0 saturated carbocycles. The zero-order valence-corrected chi connectivity index (χ0v) is 12.6. The van der Waals surface area contributed by atoms with E-state index in [4.69, 9.17) is 4.74 Å². The van der Waals surface area contributed by atoms with Crippen molar-refractivity contribution in [3.63, 3.8) is 0 Å². The van der Waals surface area contributed by atoms with E-state index in [1.165, 1.54) is 36.1 Å². The molecular formula is C13H17NO5S. The molecule has 1 atom stereocenters. The fourth-order valence-electron chi connectivity index (χ4n) is 1.48. The van der Waals surface area contributed by atoms with Gasteiger partial charge in [0, 0.05) is 20.4 Å². The quantitative estimate of drug-likeness (QED) is 0.765. The summed E-state index contributed by atoms with van der Waals surface area (Å²) in [4.78, 5) is 24.8. The van der Waals surface area contributed by atoms with E-state index >= 15 is 0 Å². The van der Waals surface area contributed by atoms with Crippen molar-refractivity contribution in [1.82, 2.24) is 4.90 Å². The van der Waals surface area contributed by atoms with Gasteiger partial charge in [-0.1, -0.05) is 0 Å². The molecule has 0 unspecified atom stereocenters. The van der Waals surface area contributed by atoms with Gasteiger partial charge in [-0.25, -0.2) is 13.2 Å². The Balaban J connectivity index is 2.81. The van der Waals surface area contributed by atoms with Crippen molar-refractivity contribution in [1.29, 1.82) is 0 Å². The lowest BCUT2D eigenvalue weighted by atomic mass is 10.2. The Morgan fingerprint density at radius 3 is 2.05 bits per heavy atom. The predicted molar refractivity (Wildman–Crippen MR) is 73.1 cm³/mol. The van der Waals surface area contributed by atoms with E-state index in [1.54, 1.807) is 14.1 Å². The summed E-state index contributed by atoms with van der Waals surface area (Å²) in [5.41, 5.74) is 0.191. The molecule has 1 rings (SSSR count). The maximum Gasteiger partial charge on any atom is 0.338 e. The van der Waals surface area contributed by atoms with Crippen molar-refractivity contribution in [2.75, 3.05) is 20.4 Å². The first-order valence-electron chi connectivity index (χ1n) is 5.85. The van der Waals surface area contributed by atoms with Crippen LogP contribution in [0.3, 0.4) is 0 Å². The number of amides is 1. The van der Waals surface area contributed by atoms with Crippen LogP contribution in [0.25, 0.3) is 0 Å². The highest BCUT2D eigenvalue weighted by molar-refractivity contribution is 7.90. The molecule has 0 fully saturated rings. The molecule has 1 aromatic rings. The standard InChI is InChI=1S/C13H17NO5S/c1-9(12(15)14(2)3)19-13(16)10-5-7-11(8-6-10)20(4,17)18/h5-9H,1-4H3/t9-/m0/s1. The van der Waals surface area contributed by atoms with Crippen molar-refractivity contribution in [3.05, 3.63) is 29.8 Å². The second-order valence-electron chi connectivity index (χ2n) is 4.58. The second-order valence-corrected chi connectivity index (χ2v) is 6.59. The maximum absolute atomic E-state index is 11.8. The third kappa shape index (κ3) is 4.06. The number of hydrogen-bond acceptors (Lipinski definition) is 5. The van der Waals surface area contributed by atoms with Gasteiger partial charge in [-0.2, -0.15) is 0 Å². The average Bonchev–Trinajstić information content (AvgIpc) is 2.36. The number of rotatable bonds is 4. The van der Waals surface area contributed by atoms with E-state index in [0.717, 1.165) is 6.26 Å². The topological polar surface area (TPSA) is 80.8 Å². The van der Waals surface area contributed by atoms with E-state index in [9.17, 15) is 18.0 Å². The van der Waals surface area contributed by atoms with Crippen LogP contribution in [0.15, 0.2) is 29.2 Å². The summed E-state index contributed by atoms with van der Waals surface area (Å²) in [6.07, 6.45) is 0.185. The Kier molecular flexibility index (Phi) is 4.88. The second kappa shape index (κ2) is 6.04. The highest BCUT2D eigenvalue weighted by Gasteiger charge is 2.20. The molecule has 0 aliphatic carbocycles. The molecule has 20 heavy (non-hydrogen) atoms. The molecule has 0 bridgehead atoms. The summed E-state index contributed by atoms with van der Waals surface area (Å²) in [5, 5.41) is 0. The van der Waals surface area contributed by atoms with Crippen LogP contribution in [0, 0.1) is 0 Å². The van der Waals surface area contributed by atoms with E-state index < -0.39 is 21.9 Å². The first-order chi connectivity index (χ1) is 9.12. The van der Waals surface area contributed by atoms with Crippen molar-refractivity contribution < 1.29 is 22.7 Å². The van der Waals surface area contributed by atoms with Crippen LogP contribution in [0.2, 0.25) is 0 Å². The Bertz CT molecular complexity index is 604. The number of ether oxygens (including phenoxy) is 1. The highest BCUT2D eigenvalue weighted by atomic mass is 32.2. The molecule has 0 aromatic heterocycles. The zero-order valence-electron chi connectivity index (χ0n) is 11.8. The third-order valence-corrected chi connectivity index (χ3v) is 3.72. The fraction of sp³-hybridized carbons (Fsp3) is 0.385. The lowest BCUT2D eigenvalue weighted by Crippen LogP contribution is -2.34. The Labute approximate surface area is 118 Å². The van der Waals surface area contributed by atoms with Crippen LogP contribution >= 0.6 is 0 Å². The molecule has 0 N–H and O–H groups in total. The molecule has 1 amide bonds. The van der Waals surface area contributed by atoms with Gasteiger partial charge < -0.3 is 9.64 Å². The largest absolute Gasteiger partial charge is 0.449 e. The summed E-state index contributed by atoms with van der Waals surface area (Å²) < 4.78 is 27.6. The molecule has 0 aliphatic rings. The maximum atomic E-state index is 11.8. The van der Waals surface area contributed by atoms with Crippen LogP contribution in [0.1, 0.15) is 17.3 Å². The van der Waals surface area contributed by atoms with Crippen LogP contribution in [-0.2, 0) is 19.4 Å². The van der Waals surface area contributed by atoms with Crippen LogP contribution in [0.5, 0.6) is 0 Å². The Morgan fingerprint density at radius 2 is 1.65 bits per heavy atom. The minimum Gasteiger partial charge on any atom is -0.449 e. The highest BCUT2D eigenvalue weighted by Crippen LogP contribution is 2.12. The van der Waals surface area contributed by atoms with E-state index in [-0.39, 0.29) is 16.4 Å². The van der Waals surface area contributed by atoms with Crippen molar-refractivity contribution in [3.8, 4) is 0 Å². The molecule has 0 radical (unpaired) electrons. The van der Waals surface area contributed by atoms with E-state index in [1.807, 2.05) is 0 Å². The molecule has 110 valence electrons. The molecule has 0 spiro atoms. The number of hydrogen-bond donors (Lipinski definition) is 0. The Hall–Kier alpha value is -1.89. The average molecular weight is 299 g/mol. The number of likely N-dealkylation sites (N-methyl/N-ethyl adjacent to an activating group) is 1. The molecule has 1 aromatic carbocycles. The van der Waals surface area contributed by atoms with Crippen LogP contribution in [0.4, 0.5) is 0 Å². The predicted octanol–water partition coefficient (Wildman–Crippen LogP) is 0.724. The monoisotopic (exact) mass is 299 g/mol. The minimum absolute atomic E-state index is 0.117. The van der Waals surface area contributed by atoms with Crippen LogP contribution < -0.4 is 0 Å². The Morgan fingerprint density at radius 1 is 1.15 bits per heavy atom. The number of esters is 1. The van der Waals surface area contributed by atoms with Gasteiger partial charge in [-0.3, -0.25) is 4.79 Å². The van der Waals surface area contributed by atoms with Crippen LogP contribution in [-0.4, -0.2) is 51.6 Å².